The molecule has 0 spiro atoms. The van der Waals surface area contributed by atoms with Crippen molar-refractivity contribution >= 4 is 17.3 Å². The molecule has 1 saturated heterocycles. The van der Waals surface area contributed by atoms with Gasteiger partial charge in [-0.05, 0) is 55.0 Å². The van der Waals surface area contributed by atoms with Crippen molar-refractivity contribution in [3.05, 3.63) is 72.1 Å². The third-order valence-electron chi connectivity index (χ3n) is 6.17. The normalized spacial score (nSPS) is 27.6. The molecule has 2 aromatic rings. The monoisotopic (exact) mass is 374 g/mol. The van der Waals surface area contributed by atoms with Crippen LogP contribution in [0.25, 0.3) is 5.57 Å². The van der Waals surface area contributed by atoms with Crippen LogP contribution in [-0.2, 0) is 9.59 Å². The molecule has 4 heteroatoms. The predicted octanol–water partition coefficient (Wildman–Crippen LogP) is 4.14. The lowest BCUT2D eigenvalue weighted by atomic mass is 9.64. The number of aromatic nitrogens is 1. The number of carbonyl (C=O) groups is 2. The van der Waals surface area contributed by atoms with E-state index in [1.807, 2.05) is 43.3 Å². The average molecular weight is 374 g/mol. The minimum Gasteiger partial charge on any atom is -0.352 e. The molecule has 2 fully saturated rings. The van der Waals surface area contributed by atoms with Gasteiger partial charge in [-0.1, -0.05) is 49.2 Å². The first-order valence-corrected chi connectivity index (χ1v) is 10.1. The molecular weight excluding hydrogens is 348 g/mol. The molecule has 1 saturated carbocycles. The van der Waals surface area contributed by atoms with Gasteiger partial charge in [0.1, 0.15) is 5.92 Å². The summed E-state index contributed by atoms with van der Waals surface area (Å²) in [6.07, 6.45) is 7.67. The van der Waals surface area contributed by atoms with E-state index >= 15 is 0 Å². The number of pyridine rings is 1. The van der Waals surface area contributed by atoms with Crippen molar-refractivity contribution in [1.82, 2.24) is 10.3 Å². The van der Waals surface area contributed by atoms with Gasteiger partial charge in [-0.15, -0.1) is 0 Å². The fraction of sp³-hybridized carbons (Fsp3) is 0.375. The highest BCUT2D eigenvalue weighted by molar-refractivity contribution is 6.10. The second-order valence-electron chi connectivity index (χ2n) is 7.92. The summed E-state index contributed by atoms with van der Waals surface area (Å²) >= 11 is 0. The largest absolute Gasteiger partial charge is 0.352 e. The zero-order valence-electron chi connectivity index (χ0n) is 16.2. The zero-order valence-corrected chi connectivity index (χ0v) is 16.2. The number of hydrogen-bond acceptors (Lipinski definition) is 3. The second kappa shape index (κ2) is 8.09. The van der Waals surface area contributed by atoms with Crippen molar-refractivity contribution in [1.29, 1.82) is 0 Å². The topological polar surface area (TPSA) is 59.1 Å². The highest BCUT2D eigenvalue weighted by Crippen LogP contribution is 2.44. The summed E-state index contributed by atoms with van der Waals surface area (Å²) in [4.78, 5) is 30.6. The van der Waals surface area contributed by atoms with Crippen molar-refractivity contribution < 1.29 is 9.59 Å². The fourth-order valence-electron chi connectivity index (χ4n) is 4.85. The average Bonchev–Trinajstić information content (AvgIpc) is 2.74. The molecule has 4 atom stereocenters. The third-order valence-corrected chi connectivity index (χ3v) is 6.17. The van der Waals surface area contributed by atoms with E-state index in [9.17, 15) is 9.59 Å². The zero-order chi connectivity index (χ0) is 19.5. The molecular formula is C24H26N2O2. The number of fused-ring (bicyclic) bond motifs is 1. The minimum absolute atomic E-state index is 0.0690. The number of ketones is 1. The fourth-order valence-corrected chi connectivity index (χ4v) is 4.85. The number of amides is 1. The Morgan fingerprint density at radius 3 is 2.57 bits per heavy atom. The Labute approximate surface area is 166 Å². The SMILES string of the molecule is C/C(=C\C(=O)C1C(=O)NC2CCCCC2C1c1ccccc1)c1ccccn1. The van der Waals surface area contributed by atoms with Crippen LogP contribution in [0.15, 0.2) is 60.8 Å². The third kappa shape index (κ3) is 3.64. The Kier molecular flexibility index (Phi) is 5.38. The van der Waals surface area contributed by atoms with E-state index in [0.29, 0.717) is 5.92 Å². The number of rotatable bonds is 4. The lowest BCUT2D eigenvalue weighted by Gasteiger charge is -2.45. The van der Waals surface area contributed by atoms with Crippen LogP contribution in [0.3, 0.4) is 0 Å². The van der Waals surface area contributed by atoms with Gasteiger partial charge in [0.2, 0.25) is 5.91 Å². The molecule has 0 radical (unpaired) electrons. The molecule has 1 aliphatic heterocycles. The summed E-state index contributed by atoms with van der Waals surface area (Å²) < 4.78 is 0. The molecule has 144 valence electrons. The van der Waals surface area contributed by atoms with Crippen molar-refractivity contribution in [2.24, 2.45) is 11.8 Å². The number of piperidine rings is 1. The highest BCUT2D eigenvalue weighted by atomic mass is 16.2. The van der Waals surface area contributed by atoms with Gasteiger partial charge in [0, 0.05) is 18.2 Å². The Bertz CT molecular complexity index is 876. The maximum atomic E-state index is 13.3. The molecule has 1 aliphatic carbocycles. The van der Waals surface area contributed by atoms with Crippen LogP contribution in [0.4, 0.5) is 0 Å². The molecule has 1 aromatic heterocycles. The minimum atomic E-state index is -0.680. The van der Waals surface area contributed by atoms with Crippen LogP contribution >= 0.6 is 0 Å². The van der Waals surface area contributed by atoms with Gasteiger partial charge in [-0.25, -0.2) is 0 Å². The van der Waals surface area contributed by atoms with Crippen LogP contribution < -0.4 is 5.32 Å². The summed E-state index contributed by atoms with van der Waals surface area (Å²) in [6.45, 7) is 1.88. The van der Waals surface area contributed by atoms with Crippen molar-refractivity contribution in [2.75, 3.05) is 0 Å². The molecule has 28 heavy (non-hydrogen) atoms. The molecule has 1 aromatic carbocycles. The molecule has 0 bridgehead atoms. The molecule has 4 rings (SSSR count). The Hall–Kier alpha value is -2.75. The number of carbonyl (C=O) groups excluding carboxylic acids is 2. The van der Waals surface area contributed by atoms with E-state index in [2.05, 4.69) is 22.4 Å². The van der Waals surface area contributed by atoms with Crippen LogP contribution in [0.1, 0.15) is 49.8 Å². The molecule has 2 aliphatic rings. The summed E-state index contributed by atoms with van der Waals surface area (Å²) in [5, 5.41) is 3.16. The van der Waals surface area contributed by atoms with Gasteiger partial charge in [0.25, 0.3) is 0 Å². The highest BCUT2D eigenvalue weighted by Gasteiger charge is 2.47. The lowest BCUT2D eigenvalue weighted by Crippen LogP contribution is -2.56. The van der Waals surface area contributed by atoms with Gasteiger partial charge in [-0.3, -0.25) is 14.6 Å². The number of nitrogens with one attached hydrogen (secondary N) is 1. The molecule has 1 amide bonds. The van der Waals surface area contributed by atoms with Crippen molar-refractivity contribution in [3.8, 4) is 0 Å². The summed E-state index contributed by atoms with van der Waals surface area (Å²) in [6, 6.07) is 15.9. The Morgan fingerprint density at radius 1 is 1.07 bits per heavy atom. The Balaban J connectivity index is 1.70. The second-order valence-corrected chi connectivity index (χ2v) is 7.92. The van der Waals surface area contributed by atoms with Gasteiger partial charge < -0.3 is 5.32 Å². The van der Waals surface area contributed by atoms with Crippen molar-refractivity contribution in [2.45, 2.75) is 44.6 Å². The van der Waals surface area contributed by atoms with Crippen LogP contribution in [0, 0.1) is 11.8 Å². The van der Waals surface area contributed by atoms with E-state index in [4.69, 9.17) is 0 Å². The van der Waals surface area contributed by atoms with Gasteiger partial charge in [0.05, 0.1) is 5.69 Å². The van der Waals surface area contributed by atoms with Crippen LogP contribution in [-0.4, -0.2) is 22.7 Å². The Morgan fingerprint density at radius 2 is 1.82 bits per heavy atom. The van der Waals surface area contributed by atoms with Crippen LogP contribution in [0.2, 0.25) is 0 Å². The summed E-state index contributed by atoms with van der Waals surface area (Å²) in [5.41, 5.74) is 2.64. The number of nitrogens with zero attached hydrogens (tertiary/aromatic N) is 1. The number of benzene rings is 1. The number of allylic oxidation sites excluding steroid dienone is 2. The maximum Gasteiger partial charge on any atom is 0.231 e. The van der Waals surface area contributed by atoms with Crippen LogP contribution in [0.5, 0.6) is 0 Å². The van der Waals surface area contributed by atoms with E-state index in [1.54, 1.807) is 12.3 Å². The molecule has 4 nitrogen and oxygen atoms in total. The van der Waals surface area contributed by atoms with E-state index in [-0.39, 0.29) is 23.7 Å². The maximum absolute atomic E-state index is 13.3. The van der Waals surface area contributed by atoms with E-state index < -0.39 is 5.92 Å². The molecule has 2 heterocycles. The first-order valence-electron chi connectivity index (χ1n) is 10.1. The summed E-state index contributed by atoms with van der Waals surface area (Å²) in [7, 11) is 0. The smallest absolute Gasteiger partial charge is 0.231 e. The van der Waals surface area contributed by atoms with Crippen molar-refractivity contribution in [3.63, 3.8) is 0 Å². The molecule has 4 unspecified atom stereocenters. The summed E-state index contributed by atoms with van der Waals surface area (Å²) in [5.74, 6) is -0.696. The number of hydrogen-bond donors (Lipinski definition) is 1. The van der Waals surface area contributed by atoms with Gasteiger partial charge in [-0.2, -0.15) is 0 Å². The van der Waals surface area contributed by atoms with Gasteiger partial charge in [0.15, 0.2) is 5.78 Å². The van der Waals surface area contributed by atoms with E-state index in [0.717, 1.165) is 42.5 Å². The lowest BCUT2D eigenvalue weighted by molar-refractivity contribution is -0.137. The predicted molar refractivity (Wildman–Crippen MR) is 109 cm³/mol. The van der Waals surface area contributed by atoms with Gasteiger partial charge >= 0.3 is 0 Å². The first kappa shape index (κ1) is 18.6. The molecule has 1 N–H and O–H groups in total. The first-order chi connectivity index (χ1) is 13.6. The van der Waals surface area contributed by atoms with E-state index in [1.165, 1.54) is 0 Å². The standard InChI is InChI=1S/C24H26N2O2/c1-16(19-12-7-8-14-25-19)15-21(27)23-22(17-9-3-2-4-10-17)18-11-5-6-13-20(18)26-24(23)28/h2-4,7-10,12,14-15,18,20,22-23H,5-6,11,13H2,1H3,(H,26,28)/b16-15+. The quantitative estimate of drug-likeness (QED) is 0.646.